The van der Waals surface area contributed by atoms with Crippen molar-refractivity contribution in [2.24, 2.45) is 56.2 Å². The predicted octanol–water partition coefficient (Wildman–Crippen LogP) is 9.02. The van der Waals surface area contributed by atoms with Gasteiger partial charge in [-0.1, -0.05) is 71.9 Å². The number of fused-ring (bicyclic) bond motifs is 7. The molecule has 1 aromatic carbocycles. The lowest BCUT2D eigenvalue weighted by Crippen LogP contribution is -2.67. The van der Waals surface area contributed by atoms with Gasteiger partial charge in [-0.2, -0.15) is 0 Å². The Morgan fingerprint density at radius 1 is 0.851 bits per heavy atom. The monoisotopic (exact) mass is 643 g/mol. The minimum Gasteiger partial charge on any atom is -0.480 e. The van der Waals surface area contributed by atoms with E-state index in [1.165, 1.54) is 5.57 Å². The molecule has 0 heterocycles. The molecule has 0 unspecified atom stereocenters. The quantitative estimate of drug-likeness (QED) is 0.269. The first-order chi connectivity index (χ1) is 21.8. The number of allylic oxidation sites excluding steroid dienone is 3. The lowest BCUT2D eigenvalue weighted by Gasteiger charge is -2.72. The van der Waals surface area contributed by atoms with Crippen molar-refractivity contribution in [3.8, 4) is 0 Å². The minimum atomic E-state index is -0.990. The lowest BCUT2D eigenvalue weighted by atomic mass is 9.32. The molecule has 6 heteroatoms. The molecule has 0 radical (unpaired) electrons. The summed E-state index contributed by atoms with van der Waals surface area (Å²) in [5.41, 5.74) is 3.46. The van der Waals surface area contributed by atoms with E-state index in [0.29, 0.717) is 23.3 Å². The fraction of sp³-hybridized carbons (Fsp3) is 0.683. The molecule has 0 aliphatic heterocycles. The third-order valence-electron chi connectivity index (χ3n) is 16.0. The number of rotatable bonds is 6. The van der Waals surface area contributed by atoms with Gasteiger partial charge >= 0.3 is 11.9 Å². The zero-order valence-electron chi connectivity index (χ0n) is 30.0. The summed E-state index contributed by atoms with van der Waals surface area (Å²) in [7, 11) is 0. The van der Waals surface area contributed by atoms with E-state index in [0.717, 1.165) is 68.9 Å². The van der Waals surface area contributed by atoms with E-state index >= 15 is 0 Å². The van der Waals surface area contributed by atoms with Gasteiger partial charge < -0.3 is 15.5 Å². The van der Waals surface area contributed by atoms with Crippen molar-refractivity contribution >= 4 is 23.4 Å². The molecule has 6 nitrogen and oxygen atoms in total. The number of carbonyl (C=O) groups is 3. The molecule has 1 aromatic rings. The van der Waals surface area contributed by atoms with Crippen molar-refractivity contribution in [2.75, 3.05) is 0 Å². The molecule has 5 aliphatic rings. The summed E-state index contributed by atoms with van der Waals surface area (Å²) in [5.74, 6) is -0.390. The molecule has 47 heavy (non-hydrogen) atoms. The predicted molar refractivity (Wildman–Crippen MR) is 186 cm³/mol. The maximum Gasteiger partial charge on any atom is 0.335 e. The average Bonchev–Trinajstić information content (AvgIpc) is 3.32. The van der Waals surface area contributed by atoms with Gasteiger partial charge in [0.15, 0.2) is 0 Å². The van der Waals surface area contributed by atoms with Crippen LogP contribution in [0.4, 0.5) is 0 Å². The van der Waals surface area contributed by atoms with Crippen LogP contribution < -0.4 is 5.32 Å². The second-order valence-electron chi connectivity index (χ2n) is 18.0. The molecule has 4 fully saturated rings. The molecule has 4 saturated carbocycles. The molecule has 0 saturated heterocycles. The first kappa shape index (κ1) is 34.0. The molecule has 6 rings (SSSR count). The second kappa shape index (κ2) is 10.8. The van der Waals surface area contributed by atoms with Crippen LogP contribution in [0.15, 0.2) is 42.5 Å². The summed E-state index contributed by atoms with van der Waals surface area (Å²) in [4.78, 5) is 37.6. The molecule has 5 aliphatic carbocycles. The zero-order valence-corrected chi connectivity index (χ0v) is 30.0. The largest absolute Gasteiger partial charge is 0.480 e. The number of carboxylic acid groups (broad SMARTS) is 2. The Morgan fingerprint density at radius 3 is 2.09 bits per heavy atom. The summed E-state index contributed by atoms with van der Waals surface area (Å²) >= 11 is 0. The Balaban J connectivity index is 1.37. The van der Waals surface area contributed by atoms with Gasteiger partial charge in [0.1, 0.15) is 6.04 Å². The molecular weight excluding hydrogens is 586 g/mol. The summed E-state index contributed by atoms with van der Waals surface area (Å²) in [6, 6.07) is 6.53. The van der Waals surface area contributed by atoms with Crippen molar-refractivity contribution in [3.63, 3.8) is 0 Å². The van der Waals surface area contributed by atoms with Gasteiger partial charge in [-0.3, -0.25) is 9.59 Å². The van der Waals surface area contributed by atoms with Crippen LogP contribution in [0.3, 0.4) is 0 Å². The molecule has 10 atom stereocenters. The Kier molecular flexibility index (Phi) is 7.81. The zero-order chi connectivity index (χ0) is 34.5. The smallest absolute Gasteiger partial charge is 0.335 e. The highest BCUT2D eigenvalue weighted by molar-refractivity contribution is 5.89. The van der Waals surface area contributed by atoms with Crippen LogP contribution >= 0.6 is 0 Å². The number of nitrogens with one attached hydrogen (secondary N) is 1. The van der Waals surface area contributed by atoms with E-state index in [1.54, 1.807) is 19.1 Å². The van der Waals surface area contributed by atoms with Crippen LogP contribution in [0.5, 0.6) is 0 Å². The molecular formula is C41H57NO5. The number of hydrogen-bond acceptors (Lipinski definition) is 3. The Labute approximate surface area is 281 Å². The number of aliphatic carboxylic acids is 1. The summed E-state index contributed by atoms with van der Waals surface area (Å²) < 4.78 is 0. The minimum absolute atomic E-state index is 0.0541. The highest BCUT2D eigenvalue weighted by atomic mass is 16.4. The van der Waals surface area contributed by atoms with Crippen LogP contribution in [-0.4, -0.2) is 34.1 Å². The van der Waals surface area contributed by atoms with Gasteiger partial charge in [-0.25, -0.2) is 4.79 Å². The van der Waals surface area contributed by atoms with Gasteiger partial charge in [-0.05, 0) is 146 Å². The lowest BCUT2D eigenvalue weighted by molar-refractivity contribution is -0.229. The fourth-order valence-corrected chi connectivity index (χ4v) is 13.1. The Hall–Kier alpha value is -2.89. The van der Waals surface area contributed by atoms with Crippen LogP contribution in [0.25, 0.3) is 5.57 Å². The number of amides is 1. The maximum atomic E-state index is 14.2. The molecule has 1 amide bonds. The van der Waals surface area contributed by atoms with Crippen molar-refractivity contribution < 1.29 is 24.6 Å². The van der Waals surface area contributed by atoms with Gasteiger partial charge in [0.25, 0.3) is 0 Å². The van der Waals surface area contributed by atoms with E-state index in [4.69, 9.17) is 0 Å². The van der Waals surface area contributed by atoms with Crippen LogP contribution in [0.1, 0.15) is 129 Å². The van der Waals surface area contributed by atoms with E-state index in [-0.39, 0.29) is 38.9 Å². The van der Waals surface area contributed by atoms with Crippen molar-refractivity contribution in [1.82, 2.24) is 5.32 Å². The van der Waals surface area contributed by atoms with Crippen molar-refractivity contribution in [1.29, 1.82) is 0 Å². The highest BCUT2D eigenvalue weighted by Gasteiger charge is 2.73. The van der Waals surface area contributed by atoms with E-state index in [1.807, 2.05) is 12.1 Å². The van der Waals surface area contributed by atoms with E-state index in [2.05, 4.69) is 66.4 Å². The van der Waals surface area contributed by atoms with Crippen molar-refractivity contribution in [2.45, 2.75) is 119 Å². The highest BCUT2D eigenvalue weighted by Crippen LogP contribution is 2.79. The van der Waals surface area contributed by atoms with Gasteiger partial charge in [0.2, 0.25) is 5.91 Å². The molecule has 0 spiro atoms. The topological polar surface area (TPSA) is 104 Å². The normalized spacial score (nSPS) is 42.4. The molecule has 0 bridgehead atoms. The molecule has 3 N–H and O–H groups in total. The number of hydrogen-bond donors (Lipinski definition) is 3. The second-order valence-corrected chi connectivity index (χ2v) is 18.0. The molecule has 0 aromatic heterocycles. The van der Waals surface area contributed by atoms with Crippen LogP contribution in [0, 0.1) is 56.2 Å². The maximum absolute atomic E-state index is 14.2. The van der Waals surface area contributed by atoms with Gasteiger partial charge in [0, 0.05) is 0 Å². The van der Waals surface area contributed by atoms with E-state index < -0.39 is 23.4 Å². The third-order valence-corrected chi connectivity index (χ3v) is 16.0. The SMILES string of the molecule is C=C(C)[C@]1(C)CC[C@]2(C(=O)N[C@@H](C)C(=O)O)CC[C@]3(C)[C@H](CC[C@@H]4[C@@]5(C)CC=C(c6ccc(C(=O)O)cc6)C(C)(C)[C@@H]5CC[C@]43C)[C@H]21. The van der Waals surface area contributed by atoms with E-state index in [9.17, 15) is 24.6 Å². The Bertz CT molecular complexity index is 1540. The molecule has 256 valence electrons. The van der Waals surface area contributed by atoms with Crippen LogP contribution in [-0.2, 0) is 9.59 Å². The fourth-order valence-electron chi connectivity index (χ4n) is 13.1. The summed E-state index contributed by atoms with van der Waals surface area (Å²) in [6.45, 7) is 23.1. The standard InChI is InChI=1S/C41H57NO5/c1-24(2)37(6)20-22-41(35(47)42-25(3)33(43)44)23-21-39(8)29(32(37)41)14-15-31-38(7)18-16-28(26-10-12-27(13-11-26)34(45)46)36(4,5)30(38)17-19-40(31,39)9/h10-13,16,25,29-32H,1,14-15,17-23H2,2-9H3,(H,42,47)(H,43,44)(H,45,46)/t25-,29+,30-,31+,32-,37-,38-,39+,40+,41-/m0/s1. The van der Waals surface area contributed by atoms with Gasteiger partial charge in [0.05, 0.1) is 11.0 Å². The number of aromatic carboxylic acids is 1. The first-order valence-electron chi connectivity index (χ1n) is 18.0. The van der Waals surface area contributed by atoms with Crippen molar-refractivity contribution in [3.05, 3.63) is 53.6 Å². The third kappa shape index (κ3) is 4.51. The number of benzene rings is 1. The first-order valence-corrected chi connectivity index (χ1v) is 18.0. The number of carbonyl (C=O) groups excluding carboxylic acids is 1. The number of carboxylic acids is 2. The summed E-state index contributed by atoms with van der Waals surface area (Å²) in [5, 5.41) is 22.1. The Morgan fingerprint density at radius 2 is 1.49 bits per heavy atom. The van der Waals surface area contributed by atoms with Gasteiger partial charge in [-0.15, -0.1) is 0 Å². The van der Waals surface area contributed by atoms with Crippen LogP contribution in [0.2, 0.25) is 0 Å². The average molecular weight is 644 g/mol. The summed E-state index contributed by atoms with van der Waals surface area (Å²) in [6.07, 6.45) is 11.5.